The van der Waals surface area contributed by atoms with Gasteiger partial charge in [0.2, 0.25) is 5.91 Å². The molecule has 9 nitrogen and oxygen atoms in total. The first kappa shape index (κ1) is 24.0. The summed E-state index contributed by atoms with van der Waals surface area (Å²) in [5.41, 5.74) is 1.93. The van der Waals surface area contributed by atoms with E-state index in [1.807, 2.05) is 30.3 Å². The third-order valence-corrected chi connectivity index (χ3v) is 5.95. The second kappa shape index (κ2) is 10.9. The molecule has 1 amide bonds. The molecule has 0 fully saturated rings. The van der Waals surface area contributed by atoms with Crippen molar-refractivity contribution in [3.05, 3.63) is 87.6 Å². The average molecular weight is 478 g/mol. The average Bonchev–Trinajstić information content (AvgIpc) is 3.12. The number of ether oxygens (including phenoxy) is 3. The molecule has 1 aliphatic heterocycles. The van der Waals surface area contributed by atoms with Crippen molar-refractivity contribution in [1.82, 2.24) is 14.5 Å². The van der Waals surface area contributed by atoms with Crippen LogP contribution < -0.4 is 15.0 Å². The number of aromatic nitrogens is 2. The first-order valence-electron chi connectivity index (χ1n) is 11.3. The summed E-state index contributed by atoms with van der Waals surface area (Å²) in [5, 5.41) is 0. The monoisotopic (exact) mass is 477 g/mol. The molecule has 9 heteroatoms. The lowest BCUT2D eigenvalue weighted by Gasteiger charge is -2.20. The topological polar surface area (TPSA) is 100.0 Å². The number of pyridine rings is 2. The number of fused-ring (bicyclic) bond motifs is 1. The van der Waals surface area contributed by atoms with Crippen LogP contribution in [-0.2, 0) is 35.5 Å². The Kier molecular flexibility index (Phi) is 7.45. The van der Waals surface area contributed by atoms with Gasteiger partial charge in [0.25, 0.3) is 5.56 Å². The minimum atomic E-state index is -0.595. The molecule has 0 atom stereocenters. The fourth-order valence-corrected chi connectivity index (χ4v) is 4.10. The van der Waals surface area contributed by atoms with E-state index in [2.05, 4.69) is 4.98 Å². The predicted molar refractivity (Wildman–Crippen MR) is 128 cm³/mol. The van der Waals surface area contributed by atoms with Crippen molar-refractivity contribution in [2.45, 2.75) is 26.0 Å². The maximum atomic E-state index is 13.0. The van der Waals surface area contributed by atoms with Gasteiger partial charge in [0.15, 0.2) is 0 Å². The van der Waals surface area contributed by atoms with Gasteiger partial charge in [0.05, 0.1) is 26.3 Å². The van der Waals surface area contributed by atoms with Gasteiger partial charge in [-0.1, -0.05) is 18.2 Å². The van der Waals surface area contributed by atoms with Crippen molar-refractivity contribution in [3.8, 4) is 11.5 Å². The Balaban J connectivity index is 1.55. The van der Waals surface area contributed by atoms with E-state index in [4.69, 9.17) is 14.2 Å². The second-order valence-corrected chi connectivity index (χ2v) is 8.08. The molecule has 2 aromatic heterocycles. The summed E-state index contributed by atoms with van der Waals surface area (Å²) < 4.78 is 17.5. The zero-order valence-corrected chi connectivity index (χ0v) is 19.7. The van der Waals surface area contributed by atoms with Crippen LogP contribution in [0.3, 0.4) is 0 Å². The Hall–Kier alpha value is -4.14. The first-order valence-corrected chi connectivity index (χ1v) is 11.3. The van der Waals surface area contributed by atoms with Crippen molar-refractivity contribution in [1.29, 1.82) is 0 Å². The third-order valence-electron chi connectivity index (χ3n) is 5.95. The van der Waals surface area contributed by atoms with Crippen LogP contribution in [0, 0.1) is 0 Å². The number of carbonyl (C=O) groups is 2. The van der Waals surface area contributed by atoms with Crippen molar-refractivity contribution >= 4 is 11.9 Å². The SMILES string of the molecule is COC(=O)c1c(OCc2ccccn2)cc(=O)n2c1CCN(C(=O)Cc1ccc(OC)cc1)CC2. The Labute approximate surface area is 202 Å². The van der Waals surface area contributed by atoms with Crippen LogP contribution in [0.2, 0.25) is 0 Å². The molecule has 1 aliphatic rings. The van der Waals surface area contributed by atoms with Gasteiger partial charge in [0, 0.05) is 44.0 Å². The van der Waals surface area contributed by atoms with Gasteiger partial charge >= 0.3 is 5.97 Å². The summed E-state index contributed by atoms with van der Waals surface area (Å²) in [6.07, 6.45) is 2.19. The number of amides is 1. The normalized spacial score (nSPS) is 12.9. The van der Waals surface area contributed by atoms with E-state index in [1.165, 1.54) is 17.7 Å². The zero-order chi connectivity index (χ0) is 24.8. The van der Waals surface area contributed by atoms with Gasteiger partial charge in [-0.25, -0.2) is 4.79 Å². The standard InChI is InChI=1S/C26H27N3O6/c1-33-20-8-6-18(7-9-20)15-23(30)28-12-10-21-25(26(32)34-2)22(16-24(31)29(21)14-13-28)35-17-19-5-3-4-11-27-19/h3-9,11,16H,10,12-15,17H2,1-2H3. The van der Waals surface area contributed by atoms with Crippen LogP contribution >= 0.6 is 0 Å². The smallest absolute Gasteiger partial charge is 0.343 e. The molecular formula is C26H27N3O6. The van der Waals surface area contributed by atoms with Gasteiger partial charge in [-0.05, 0) is 29.8 Å². The lowest BCUT2D eigenvalue weighted by Crippen LogP contribution is -2.35. The molecular weight excluding hydrogens is 450 g/mol. The molecule has 0 N–H and O–H groups in total. The first-order chi connectivity index (χ1) is 17.0. The van der Waals surface area contributed by atoms with Gasteiger partial charge < -0.3 is 23.7 Å². The fourth-order valence-electron chi connectivity index (χ4n) is 4.10. The van der Waals surface area contributed by atoms with E-state index in [1.54, 1.807) is 30.3 Å². The van der Waals surface area contributed by atoms with E-state index in [0.29, 0.717) is 30.9 Å². The van der Waals surface area contributed by atoms with Crippen LogP contribution in [0.25, 0.3) is 0 Å². The summed E-state index contributed by atoms with van der Waals surface area (Å²) in [4.78, 5) is 44.6. The fraction of sp³-hybridized carbons (Fsp3) is 0.308. The minimum absolute atomic E-state index is 0.0535. The molecule has 3 aromatic rings. The number of nitrogens with zero attached hydrogens (tertiary/aromatic N) is 3. The number of carbonyl (C=O) groups excluding carboxylic acids is 2. The van der Waals surface area contributed by atoms with Crippen LogP contribution in [0.5, 0.6) is 11.5 Å². The Morgan fingerprint density at radius 1 is 1.03 bits per heavy atom. The molecule has 4 rings (SSSR count). The van der Waals surface area contributed by atoms with Crippen LogP contribution in [0.1, 0.15) is 27.3 Å². The molecule has 0 bridgehead atoms. The number of hydrogen-bond acceptors (Lipinski definition) is 7. The second-order valence-electron chi connectivity index (χ2n) is 8.08. The van der Waals surface area contributed by atoms with Crippen LogP contribution in [0.4, 0.5) is 0 Å². The quantitative estimate of drug-likeness (QED) is 0.481. The Morgan fingerprint density at radius 3 is 2.51 bits per heavy atom. The van der Waals surface area contributed by atoms with E-state index >= 15 is 0 Å². The maximum absolute atomic E-state index is 13.0. The predicted octanol–water partition coefficient (Wildman–Crippen LogP) is 2.24. The largest absolute Gasteiger partial charge is 0.497 e. The zero-order valence-electron chi connectivity index (χ0n) is 19.7. The Morgan fingerprint density at radius 2 is 1.83 bits per heavy atom. The highest BCUT2D eigenvalue weighted by molar-refractivity contribution is 5.93. The molecule has 0 unspecified atom stereocenters. The molecule has 1 aromatic carbocycles. The lowest BCUT2D eigenvalue weighted by molar-refractivity contribution is -0.130. The molecule has 0 radical (unpaired) electrons. The minimum Gasteiger partial charge on any atom is -0.497 e. The summed E-state index contributed by atoms with van der Waals surface area (Å²) >= 11 is 0. The highest BCUT2D eigenvalue weighted by atomic mass is 16.5. The van der Waals surface area contributed by atoms with Gasteiger partial charge in [-0.3, -0.25) is 14.6 Å². The molecule has 35 heavy (non-hydrogen) atoms. The molecule has 182 valence electrons. The van der Waals surface area contributed by atoms with E-state index in [-0.39, 0.29) is 42.4 Å². The summed E-state index contributed by atoms with van der Waals surface area (Å²) in [7, 11) is 2.88. The number of rotatable bonds is 7. The van der Waals surface area contributed by atoms with Crippen molar-refractivity contribution in [2.75, 3.05) is 27.3 Å². The van der Waals surface area contributed by atoms with Gasteiger partial charge in [-0.15, -0.1) is 0 Å². The Bertz CT molecular complexity index is 1250. The molecule has 0 saturated heterocycles. The number of esters is 1. The molecule has 0 aliphatic carbocycles. The van der Waals surface area contributed by atoms with Crippen molar-refractivity contribution in [3.63, 3.8) is 0 Å². The van der Waals surface area contributed by atoms with E-state index in [9.17, 15) is 14.4 Å². The summed E-state index contributed by atoms with van der Waals surface area (Å²) in [6.45, 7) is 1.09. The highest BCUT2D eigenvalue weighted by Crippen LogP contribution is 2.25. The number of methoxy groups -OCH3 is 2. The third kappa shape index (κ3) is 5.51. The molecule has 0 saturated carbocycles. The van der Waals surface area contributed by atoms with Gasteiger partial charge in [0.1, 0.15) is 23.7 Å². The van der Waals surface area contributed by atoms with Crippen LogP contribution in [-0.4, -0.2) is 53.6 Å². The number of hydrogen-bond donors (Lipinski definition) is 0. The van der Waals surface area contributed by atoms with Gasteiger partial charge in [-0.2, -0.15) is 0 Å². The summed E-state index contributed by atoms with van der Waals surface area (Å²) in [6, 6.07) is 14.1. The molecule has 0 spiro atoms. The van der Waals surface area contributed by atoms with Crippen molar-refractivity contribution < 1.29 is 23.8 Å². The highest BCUT2D eigenvalue weighted by Gasteiger charge is 2.27. The van der Waals surface area contributed by atoms with E-state index in [0.717, 1.165) is 11.3 Å². The van der Waals surface area contributed by atoms with Crippen LogP contribution in [0.15, 0.2) is 59.5 Å². The number of benzene rings is 1. The van der Waals surface area contributed by atoms with Crippen molar-refractivity contribution in [2.24, 2.45) is 0 Å². The summed E-state index contributed by atoms with van der Waals surface area (Å²) in [5.74, 6) is 0.226. The lowest BCUT2D eigenvalue weighted by atomic mass is 10.1. The molecule has 3 heterocycles. The maximum Gasteiger partial charge on any atom is 0.343 e. The van der Waals surface area contributed by atoms with E-state index < -0.39 is 5.97 Å².